The summed E-state index contributed by atoms with van der Waals surface area (Å²) < 4.78 is 0. The van der Waals surface area contributed by atoms with Crippen molar-refractivity contribution in [1.82, 2.24) is 4.90 Å². The Morgan fingerprint density at radius 1 is 1.47 bits per heavy atom. The summed E-state index contributed by atoms with van der Waals surface area (Å²) in [6.07, 6.45) is 0.515. The highest BCUT2D eigenvalue weighted by molar-refractivity contribution is 5.78. The van der Waals surface area contributed by atoms with Gasteiger partial charge in [0.25, 0.3) is 0 Å². The molecule has 1 aliphatic heterocycles. The van der Waals surface area contributed by atoms with Crippen molar-refractivity contribution in [2.75, 3.05) is 6.54 Å². The average Bonchev–Trinajstić information content (AvgIpc) is 2.71. The Morgan fingerprint density at radius 3 is 2.82 bits per heavy atom. The Hall–Kier alpha value is -1.82. The third kappa shape index (κ3) is 2.65. The molecule has 2 rings (SSSR count). The standard InChI is InChI=1S/C14H16N2O/c1-11(8-15)13-7-14(17)16(10-13)9-12-5-3-2-4-6-12/h2-6,11,13H,7,9-10H2,1H3. The number of benzene rings is 1. The molecule has 0 spiro atoms. The van der Waals surface area contributed by atoms with Crippen molar-refractivity contribution >= 4 is 5.91 Å². The smallest absolute Gasteiger partial charge is 0.223 e. The predicted octanol–water partition coefficient (Wildman–Crippen LogP) is 2.19. The van der Waals surface area contributed by atoms with E-state index in [1.807, 2.05) is 42.2 Å². The van der Waals surface area contributed by atoms with Gasteiger partial charge in [0.1, 0.15) is 0 Å². The summed E-state index contributed by atoms with van der Waals surface area (Å²) in [5.74, 6) is 0.317. The minimum Gasteiger partial charge on any atom is -0.338 e. The first kappa shape index (κ1) is 11.7. The van der Waals surface area contributed by atoms with Crippen LogP contribution in [-0.4, -0.2) is 17.4 Å². The molecular weight excluding hydrogens is 212 g/mol. The Bertz CT molecular complexity index is 435. The SMILES string of the molecule is CC(C#N)C1CC(=O)N(Cc2ccccc2)C1. The molecule has 1 aromatic rings. The van der Waals surface area contributed by atoms with Gasteiger partial charge in [0.15, 0.2) is 0 Å². The lowest BCUT2D eigenvalue weighted by Crippen LogP contribution is -2.25. The monoisotopic (exact) mass is 228 g/mol. The number of amides is 1. The van der Waals surface area contributed by atoms with Crippen molar-refractivity contribution in [3.05, 3.63) is 35.9 Å². The minimum absolute atomic E-state index is 0.0419. The molecule has 0 aliphatic carbocycles. The molecule has 2 atom stereocenters. The van der Waals surface area contributed by atoms with Crippen molar-refractivity contribution < 1.29 is 4.79 Å². The first-order chi connectivity index (χ1) is 8.20. The van der Waals surface area contributed by atoms with E-state index in [1.54, 1.807) is 0 Å². The minimum atomic E-state index is -0.0419. The fourth-order valence-electron chi connectivity index (χ4n) is 2.20. The summed E-state index contributed by atoms with van der Waals surface area (Å²) in [6, 6.07) is 12.2. The topological polar surface area (TPSA) is 44.1 Å². The maximum absolute atomic E-state index is 11.8. The van der Waals surface area contributed by atoms with Gasteiger partial charge in [0, 0.05) is 31.3 Å². The van der Waals surface area contributed by atoms with Gasteiger partial charge in [-0.05, 0) is 12.5 Å². The Morgan fingerprint density at radius 2 is 2.18 bits per heavy atom. The predicted molar refractivity (Wildman–Crippen MR) is 64.7 cm³/mol. The van der Waals surface area contributed by atoms with Gasteiger partial charge in [-0.1, -0.05) is 30.3 Å². The van der Waals surface area contributed by atoms with Crippen molar-refractivity contribution in [3.63, 3.8) is 0 Å². The Balaban J connectivity index is 2.00. The highest BCUT2D eigenvalue weighted by Crippen LogP contribution is 2.25. The molecule has 2 unspecified atom stereocenters. The average molecular weight is 228 g/mol. The van der Waals surface area contributed by atoms with Crippen LogP contribution in [0.25, 0.3) is 0 Å². The molecule has 3 heteroatoms. The number of carbonyl (C=O) groups is 1. The molecule has 17 heavy (non-hydrogen) atoms. The van der Waals surface area contributed by atoms with E-state index >= 15 is 0 Å². The van der Waals surface area contributed by atoms with E-state index in [2.05, 4.69) is 6.07 Å². The van der Waals surface area contributed by atoms with Gasteiger partial charge in [-0.2, -0.15) is 5.26 Å². The third-order valence-corrected chi connectivity index (χ3v) is 3.37. The summed E-state index contributed by atoms with van der Waals surface area (Å²) in [6.45, 7) is 3.26. The molecule has 0 aromatic heterocycles. The van der Waals surface area contributed by atoms with E-state index in [-0.39, 0.29) is 17.7 Å². The van der Waals surface area contributed by atoms with Gasteiger partial charge in [-0.15, -0.1) is 0 Å². The number of carbonyl (C=O) groups excluding carboxylic acids is 1. The molecule has 0 radical (unpaired) electrons. The van der Waals surface area contributed by atoms with E-state index in [4.69, 9.17) is 5.26 Å². The lowest BCUT2D eigenvalue weighted by Gasteiger charge is -2.17. The van der Waals surface area contributed by atoms with Crippen LogP contribution in [0.1, 0.15) is 18.9 Å². The Kier molecular flexibility index (Phi) is 3.43. The molecule has 1 saturated heterocycles. The van der Waals surface area contributed by atoms with Crippen molar-refractivity contribution in [1.29, 1.82) is 5.26 Å². The second kappa shape index (κ2) is 5.01. The number of likely N-dealkylation sites (tertiary alicyclic amines) is 1. The quantitative estimate of drug-likeness (QED) is 0.796. The van der Waals surface area contributed by atoms with Crippen LogP contribution in [0, 0.1) is 23.2 Å². The van der Waals surface area contributed by atoms with Crippen LogP contribution in [0.4, 0.5) is 0 Å². The normalized spacial score (nSPS) is 21.3. The maximum atomic E-state index is 11.8. The second-order valence-electron chi connectivity index (χ2n) is 4.64. The molecule has 3 nitrogen and oxygen atoms in total. The van der Waals surface area contributed by atoms with Gasteiger partial charge in [0.05, 0.1) is 6.07 Å². The molecule has 1 aromatic carbocycles. The Labute approximate surface area is 102 Å². The number of nitrogens with zero attached hydrogens (tertiary/aromatic N) is 2. The van der Waals surface area contributed by atoms with Crippen LogP contribution >= 0.6 is 0 Å². The molecule has 0 saturated carbocycles. The van der Waals surface area contributed by atoms with Gasteiger partial charge in [0.2, 0.25) is 5.91 Å². The maximum Gasteiger partial charge on any atom is 0.223 e. The first-order valence-electron chi connectivity index (χ1n) is 5.92. The fraction of sp³-hybridized carbons (Fsp3) is 0.429. The van der Waals surface area contributed by atoms with Crippen LogP contribution in [0.3, 0.4) is 0 Å². The van der Waals surface area contributed by atoms with E-state index in [9.17, 15) is 4.79 Å². The van der Waals surface area contributed by atoms with E-state index < -0.39 is 0 Å². The lowest BCUT2D eigenvalue weighted by molar-refractivity contribution is -0.128. The van der Waals surface area contributed by atoms with Crippen molar-refractivity contribution in [2.24, 2.45) is 11.8 Å². The fourth-order valence-corrected chi connectivity index (χ4v) is 2.20. The number of hydrogen-bond donors (Lipinski definition) is 0. The molecule has 0 N–H and O–H groups in total. The van der Waals surface area contributed by atoms with Gasteiger partial charge < -0.3 is 4.90 Å². The highest BCUT2D eigenvalue weighted by Gasteiger charge is 2.32. The summed E-state index contributed by atoms with van der Waals surface area (Å²) in [5.41, 5.74) is 1.14. The van der Waals surface area contributed by atoms with Crippen LogP contribution in [0.5, 0.6) is 0 Å². The van der Waals surface area contributed by atoms with Crippen molar-refractivity contribution in [3.8, 4) is 6.07 Å². The first-order valence-corrected chi connectivity index (χ1v) is 5.92. The van der Waals surface area contributed by atoms with Crippen LogP contribution in [0.2, 0.25) is 0 Å². The lowest BCUT2D eigenvalue weighted by atomic mass is 9.95. The molecule has 1 heterocycles. The van der Waals surface area contributed by atoms with Crippen LogP contribution in [0.15, 0.2) is 30.3 Å². The third-order valence-electron chi connectivity index (χ3n) is 3.37. The largest absolute Gasteiger partial charge is 0.338 e. The van der Waals surface area contributed by atoms with Crippen LogP contribution in [-0.2, 0) is 11.3 Å². The molecule has 1 aliphatic rings. The zero-order valence-electron chi connectivity index (χ0n) is 9.97. The molecule has 1 fully saturated rings. The number of hydrogen-bond acceptors (Lipinski definition) is 2. The second-order valence-corrected chi connectivity index (χ2v) is 4.64. The van der Waals surface area contributed by atoms with Crippen molar-refractivity contribution in [2.45, 2.75) is 19.9 Å². The van der Waals surface area contributed by atoms with E-state index in [0.717, 1.165) is 5.56 Å². The molecule has 0 bridgehead atoms. The van der Waals surface area contributed by atoms with Gasteiger partial charge >= 0.3 is 0 Å². The van der Waals surface area contributed by atoms with Gasteiger partial charge in [-0.3, -0.25) is 4.79 Å². The zero-order valence-corrected chi connectivity index (χ0v) is 9.97. The summed E-state index contributed by atoms with van der Waals surface area (Å²) in [7, 11) is 0. The molecule has 88 valence electrons. The zero-order chi connectivity index (χ0) is 12.3. The van der Waals surface area contributed by atoms with Crippen LogP contribution < -0.4 is 0 Å². The van der Waals surface area contributed by atoms with E-state index in [1.165, 1.54) is 0 Å². The number of nitriles is 1. The summed E-state index contributed by atoms with van der Waals surface area (Å²) in [4.78, 5) is 13.7. The molecular formula is C14H16N2O. The summed E-state index contributed by atoms with van der Waals surface area (Å²) in [5, 5.41) is 8.88. The van der Waals surface area contributed by atoms with E-state index in [0.29, 0.717) is 19.5 Å². The summed E-state index contributed by atoms with van der Waals surface area (Å²) >= 11 is 0. The highest BCUT2D eigenvalue weighted by atomic mass is 16.2. The molecule has 1 amide bonds. The number of rotatable bonds is 3. The van der Waals surface area contributed by atoms with Gasteiger partial charge in [-0.25, -0.2) is 0 Å².